The average Bonchev–Trinajstić information content (AvgIpc) is 3.25. The Bertz CT molecular complexity index is 876. The fraction of sp³-hybridized carbons (Fsp3) is 0.609. The Hall–Kier alpha value is -2.43. The van der Waals surface area contributed by atoms with Crippen molar-refractivity contribution in [1.29, 1.82) is 5.26 Å². The molecule has 0 amide bonds. The van der Waals surface area contributed by atoms with Crippen LogP contribution in [0.3, 0.4) is 0 Å². The van der Waals surface area contributed by atoms with Crippen LogP contribution < -0.4 is 4.74 Å². The largest absolute Gasteiger partial charge is 0.481 e. The highest BCUT2D eigenvalue weighted by Crippen LogP contribution is 2.42. The number of nitriles is 1. The van der Waals surface area contributed by atoms with Crippen molar-refractivity contribution in [2.75, 3.05) is 20.2 Å². The number of rotatable bonds is 8. The number of nitrogens with one attached hydrogen (secondary N) is 1. The lowest BCUT2D eigenvalue weighted by atomic mass is 9.80. The van der Waals surface area contributed by atoms with Gasteiger partial charge in [0.1, 0.15) is 6.07 Å². The van der Waals surface area contributed by atoms with Gasteiger partial charge in [-0.3, -0.25) is 14.9 Å². The lowest BCUT2D eigenvalue weighted by Crippen LogP contribution is -2.68. The van der Waals surface area contributed by atoms with Crippen LogP contribution in [-0.4, -0.2) is 57.3 Å². The minimum absolute atomic E-state index is 0.201. The number of H-pyrrole nitrogens is 1. The number of pyridine rings is 1. The number of aromatic nitrogens is 3. The quantitative estimate of drug-likeness (QED) is 0.721. The first-order chi connectivity index (χ1) is 14.5. The number of methoxy groups -OCH3 is 1. The first-order valence-corrected chi connectivity index (χ1v) is 11.0. The minimum atomic E-state index is 0.201. The van der Waals surface area contributed by atoms with Gasteiger partial charge in [0, 0.05) is 44.0 Å². The second-order valence-electron chi connectivity index (χ2n) is 8.88. The zero-order chi connectivity index (χ0) is 21.3. The number of nitrogens with zero attached hydrogens (tertiary/aromatic N) is 5. The third kappa shape index (κ3) is 3.82. The van der Waals surface area contributed by atoms with E-state index in [1.807, 2.05) is 12.3 Å². The zero-order valence-electron chi connectivity index (χ0n) is 18.4. The summed E-state index contributed by atoms with van der Waals surface area (Å²) >= 11 is 0. The third-order valence-electron chi connectivity index (χ3n) is 7.26. The molecule has 5 atom stereocenters. The van der Waals surface area contributed by atoms with Gasteiger partial charge >= 0.3 is 0 Å². The molecule has 5 rings (SSSR count). The van der Waals surface area contributed by atoms with Gasteiger partial charge in [-0.2, -0.15) is 10.4 Å². The molecule has 3 saturated heterocycles. The SMILES string of the molecule is CC[C@H](C)[C@@H](C)C(c1[nH]ncc1C#N)N1CC2CC(C1)N2Cc1ccc(OC)nc1. The predicted molar refractivity (Wildman–Crippen MR) is 115 cm³/mol. The van der Waals surface area contributed by atoms with Crippen LogP contribution in [0.15, 0.2) is 24.5 Å². The molecule has 1 N–H and O–H groups in total. The number of aromatic amines is 1. The van der Waals surface area contributed by atoms with Crippen LogP contribution in [-0.2, 0) is 6.54 Å². The molecule has 2 bridgehead atoms. The van der Waals surface area contributed by atoms with Crippen LogP contribution in [0.4, 0.5) is 0 Å². The highest BCUT2D eigenvalue weighted by molar-refractivity contribution is 5.33. The molecule has 2 aromatic heterocycles. The van der Waals surface area contributed by atoms with E-state index in [0.717, 1.165) is 31.7 Å². The molecule has 30 heavy (non-hydrogen) atoms. The summed E-state index contributed by atoms with van der Waals surface area (Å²) in [5, 5.41) is 16.9. The van der Waals surface area contributed by atoms with E-state index < -0.39 is 0 Å². The van der Waals surface area contributed by atoms with Gasteiger partial charge in [-0.05, 0) is 23.8 Å². The van der Waals surface area contributed by atoms with Crippen molar-refractivity contribution in [2.24, 2.45) is 11.8 Å². The Morgan fingerprint density at radius 2 is 2.03 bits per heavy atom. The standard InChI is InChI=1S/C23H32N6O/c1-5-15(2)16(3)23(22-18(9-24)11-26-27-22)28-13-19-8-20(14-28)29(19)12-17-6-7-21(30-4)25-10-17/h6-7,10-11,15-16,19-20,23H,5,8,12-14H2,1-4H3,(H,26,27)/t15-,16+,19?,20?,23?/m0/s1. The molecule has 0 radical (unpaired) electrons. The molecule has 3 aliphatic rings. The molecule has 5 heterocycles. The van der Waals surface area contributed by atoms with Crippen molar-refractivity contribution in [3.63, 3.8) is 0 Å². The van der Waals surface area contributed by atoms with E-state index in [4.69, 9.17) is 4.74 Å². The fourth-order valence-electron chi connectivity index (χ4n) is 5.11. The summed E-state index contributed by atoms with van der Waals surface area (Å²) in [5.74, 6) is 1.67. The smallest absolute Gasteiger partial charge is 0.212 e. The van der Waals surface area contributed by atoms with Crippen molar-refractivity contribution in [3.05, 3.63) is 41.3 Å². The number of hydrogen-bond acceptors (Lipinski definition) is 6. The summed E-state index contributed by atoms with van der Waals surface area (Å²) < 4.78 is 5.17. The number of ether oxygens (including phenoxy) is 1. The topological polar surface area (TPSA) is 81.1 Å². The lowest BCUT2D eigenvalue weighted by Gasteiger charge is -2.58. The van der Waals surface area contributed by atoms with Gasteiger partial charge in [0.2, 0.25) is 5.88 Å². The molecule has 0 saturated carbocycles. The number of hydrogen-bond donors (Lipinski definition) is 1. The number of fused-ring (bicyclic) bond motifs is 2. The van der Waals surface area contributed by atoms with Crippen molar-refractivity contribution in [2.45, 2.75) is 58.3 Å². The van der Waals surface area contributed by atoms with E-state index in [1.165, 1.54) is 12.0 Å². The Kier molecular flexibility index (Phi) is 6.07. The van der Waals surface area contributed by atoms with Gasteiger partial charge in [0.05, 0.1) is 30.6 Å². The molecule has 7 nitrogen and oxygen atoms in total. The normalized spacial score (nSPS) is 24.5. The number of piperazine rings is 1. The molecule has 2 aromatic rings. The van der Waals surface area contributed by atoms with Crippen LogP contribution in [0, 0.1) is 23.2 Å². The molecule has 0 spiro atoms. The highest BCUT2D eigenvalue weighted by atomic mass is 16.5. The zero-order valence-corrected chi connectivity index (χ0v) is 18.4. The van der Waals surface area contributed by atoms with Crippen molar-refractivity contribution < 1.29 is 4.74 Å². The lowest BCUT2D eigenvalue weighted by molar-refractivity contribution is -0.0977. The van der Waals surface area contributed by atoms with Crippen LogP contribution in [0.2, 0.25) is 0 Å². The summed E-state index contributed by atoms with van der Waals surface area (Å²) in [6.07, 6.45) is 5.96. The second-order valence-corrected chi connectivity index (χ2v) is 8.88. The van der Waals surface area contributed by atoms with Gasteiger partial charge in [0.15, 0.2) is 0 Å². The van der Waals surface area contributed by atoms with E-state index >= 15 is 0 Å². The Balaban J connectivity index is 1.49. The van der Waals surface area contributed by atoms with Gasteiger partial charge in [-0.25, -0.2) is 4.98 Å². The van der Waals surface area contributed by atoms with E-state index in [-0.39, 0.29) is 6.04 Å². The van der Waals surface area contributed by atoms with Crippen molar-refractivity contribution in [1.82, 2.24) is 25.0 Å². The van der Waals surface area contributed by atoms with Gasteiger partial charge in [-0.1, -0.05) is 33.3 Å². The Labute approximate surface area is 179 Å². The molecule has 3 fully saturated rings. The number of piperidine rings is 1. The van der Waals surface area contributed by atoms with Crippen LogP contribution in [0.5, 0.6) is 5.88 Å². The summed E-state index contributed by atoms with van der Waals surface area (Å²) in [6.45, 7) is 9.86. The van der Waals surface area contributed by atoms with Gasteiger partial charge < -0.3 is 4.74 Å². The summed E-state index contributed by atoms with van der Waals surface area (Å²) in [4.78, 5) is 9.54. The predicted octanol–water partition coefficient (Wildman–Crippen LogP) is 3.37. The third-order valence-corrected chi connectivity index (χ3v) is 7.26. The van der Waals surface area contributed by atoms with E-state index in [9.17, 15) is 5.26 Å². The van der Waals surface area contributed by atoms with E-state index in [1.54, 1.807) is 13.3 Å². The summed E-state index contributed by atoms with van der Waals surface area (Å²) in [5.41, 5.74) is 2.89. The monoisotopic (exact) mass is 408 g/mol. The van der Waals surface area contributed by atoms with E-state index in [2.05, 4.69) is 57.9 Å². The molecule has 3 unspecified atom stereocenters. The Morgan fingerprint density at radius 3 is 2.63 bits per heavy atom. The van der Waals surface area contributed by atoms with Crippen molar-refractivity contribution in [3.8, 4) is 11.9 Å². The molecule has 0 aromatic carbocycles. The first kappa shape index (κ1) is 20.8. The summed E-state index contributed by atoms with van der Waals surface area (Å²) in [6, 6.07) is 7.67. The van der Waals surface area contributed by atoms with Crippen LogP contribution in [0.1, 0.15) is 56.5 Å². The fourth-order valence-corrected chi connectivity index (χ4v) is 5.11. The van der Waals surface area contributed by atoms with Gasteiger partial charge in [-0.15, -0.1) is 0 Å². The molecular formula is C23H32N6O. The molecule has 7 heteroatoms. The Morgan fingerprint density at radius 1 is 1.27 bits per heavy atom. The average molecular weight is 409 g/mol. The maximum atomic E-state index is 9.58. The second kappa shape index (κ2) is 8.75. The van der Waals surface area contributed by atoms with Crippen molar-refractivity contribution >= 4 is 0 Å². The molecule has 0 aliphatic carbocycles. The highest BCUT2D eigenvalue weighted by Gasteiger charge is 2.47. The summed E-state index contributed by atoms with van der Waals surface area (Å²) in [7, 11) is 1.64. The van der Waals surface area contributed by atoms with Gasteiger partial charge in [0.25, 0.3) is 0 Å². The maximum Gasteiger partial charge on any atom is 0.212 e. The van der Waals surface area contributed by atoms with Crippen LogP contribution >= 0.6 is 0 Å². The maximum absolute atomic E-state index is 9.58. The van der Waals surface area contributed by atoms with Crippen LogP contribution in [0.25, 0.3) is 0 Å². The molecule has 160 valence electrons. The first-order valence-electron chi connectivity index (χ1n) is 11.0. The molecule has 3 aliphatic heterocycles. The minimum Gasteiger partial charge on any atom is -0.481 e. The van der Waals surface area contributed by atoms with E-state index in [0.29, 0.717) is 35.4 Å². The molecular weight excluding hydrogens is 376 g/mol.